The number of hydrogen-bond acceptors (Lipinski definition) is 3. The van der Waals surface area contributed by atoms with E-state index in [2.05, 4.69) is 11.6 Å². The Labute approximate surface area is 200 Å². The maximum Gasteiger partial charge on any atom is 0.430 e. The number of aromatic nitrogens is 2. The lowest BCUT2D eigenvalue weighted by molar-refractivity contribution is -0.376. The van der Waals surface area contributed by atoms with Crippen LogP contribution in [0.25, 0.3) is 22.7 Å². The average molecular weight is 504 g/mol. The molecule has 1 heterocycles. The second kappa shape index (κ2) is 8.94. The Bertz CT molecular complexity index is 1460. The summed E-state index contributed by atoms with van der Waals surface area (Å²) in [5, 5.41) is 9.87. The summed E-state index contributed by atoms with van der Waals surface area (Å²) in [6, 6.07) is 16.6. The maximum absolute atomic E-state index is 13.5. The third-order valence-electron chi connectivity index (χ3n) is 5.77. The minimum Gasteiger partial charge on any atom is -0.369 e. The van der Waals surface area contributed by atoms with E-state index in [1.807, 2.05) is 0 Å². The monoisotopic (exact) mass is 504 g/mol. The first-order chi connectivity index (χ1) is 16.9. The van der Waals surface area contributed by atoms with Crippen molar-refractivity contribution < 1.29 is 31.4 Å². The van der Waals surface area contributed by atoms with Crippen LogP contribution in [0.1, 0.15) is 22.5 Å². The molecule has 0 bridgehead atoms. The van der Waals surface area contributed by atoms with E-state index in [9.17, 15) is 36.2 Å². The van der Waals surface area contributed by atoms with Crippen molar-refractivity contribution in [3.8, 4) is 5.69 Å². The van der Waals surface area contributed by atoms with Crippen LogP contribution < -0.4 is 5.56 Å². The van der Waals surface area contributed by atoms with Crippen LogP contribution >= 0.6 is 0 Å². The first kappa shape index (κ1) is 25.2. The molecule has 0 amide bonds. The molecule has 3 aromatic carbocycles. The molecule has 4 rings (SSSR count). The molecule has 0 aliphatic carbocycles. The van der Waals surface area contributed by atoms with Crippen LogP contribution in [-0.2, 0) is 12.0 Å². The van der Waals surface area contributed by atoms with Crippen molar-refractivity contribution in [2.45, 2.75) is 24.4 Å². The molecule has 4 nitrogen and oxygen atoms in total. The predicted molar refractivity (Wildman–Crippen MR) is 123 cm³/mol. The second-order valence-corrected chi connectivity index (χ2v) is 8.06. The lowest BCUT2D eigenvalue weighted by Gasteiger charge is -2.32. The van der Waals surface area contributed by atoms with E-state index in [1.54, 1.807) is 48.5 Å². The molecule has 0 saturated carbocycles. The molecule has 0 saturated heterocycles. The smallest absolute Gasteiger partial charge is 0.369 e. The summed E-state index contributed by atoms with van der Waals surface area (Å²) in [5.41, 5.74) is -5.31. The van der Waals surface area contributed by atoms with Crippen molar-refractivity contribution in [1.82, 2.24) is 9.55 Å². The standard InChI is InChI=1S/C26H18F6N2O2/c1-2-16-8-13-21-20(14-16)23(35)34(22(33-21)15-17-6-4-3-5-7-17)19-11-9-18(10-12-19)24(36,25(27,28)29)26(30,31)32/h2-14,36H,1,15H2. The van der Waals surface area contributed by atoms with Gasteiger partial charge in [-0.05, 0) is 35.4 Å². The SMILES string of the molecule is C=Cc1ccc2nc(Cc3ccccc3)n(-c3ccc(C(O)(C(F)(F)F)C(F)(F)F)cc3)c(=O)c2c1. The largest absolute Gasteiger partial charge is 0.430 e. The number of fused-ring (bicyclic) bond motifs is 1. The van der Waals surface area contributed by atoms with Crippen molar-refractivity contribution in [2.75, 3.05) is 0 Å². The van der Waals surface area contributed by atoms with Gasteiger partial charge in [-0.2, -0.15) is 26.3 Å². The molecule has 0 fully saturated rings. The lowest BCUT2D eigenvalue weighted by Crippen LogP contribution is -2.53. The Morgan fingerprint density at radius 2 is 1.50 bits per heavy atom. The van der Waals surface area contributed by atoms with Gasteiger partial charge >= 0.3 is 12.4 Å². The highest BCUT2D eigenvalue weighted by Crippen LogP contribution is 2.50. The van der Waals surface area contributed by atoms with Crippen LogP contribution in [0.3, 0.4) is 0 Å². The molecule has 0 atom stereocenters. The van der Waals surface area contributed by atoms with Crippen LogP contribution in [0.5, 0.6) is 0 Å². The van der Waals surface area contributed by atoms with Gasteiger partial charge in [-0.3, -0.25) is 9.36 Å². The summed E-state index contributed by atoms with van der Waals surface area (Å²) in [6.45, 7) is 3.66. The molecule has 0 aliphatic rings. The Morgan fingerprint density at radius 3 is 2.06 bits per heavy atom. The number of nitrogens with zero attached hydrogens (tertiary/aromatic N) is 2. The fourth-order valence-electron chi connectivity index (χ4n) is 3.88. The van der Waals surface area contributed by atoms with Crippen LogP contribution in [0.15, 0.2) is 84.2 Å². The van der Waals surface area contributed by atoms with E-state index in [0.717, 1.165) is 22.3 Å². The fourth-order valence-corrected chi connectivity index (χ4v) is 3.88. The van der Waals surface area contributed by atoms with Gasteiger partial charge in [-0.1, -0.05) is 61.2 Å². The summed E-state index contributed by atoms with van der Waals surface area (Å²) in [5.74, 6) is 0.222. The van der Waals surface area contributed by atoms with Gasteiger partial charge in [0.2, 0.25) is 0 Å². The molecule has 36 heavy (non-hydrogen) atoms. The third-order valence-corrected chi connectivity index (χ3v) is 5.77. The van der Waals surface area contributed by atoms with Crippen molar-refractivity contribution in [1.29, 1.82) is 0 Å². The summed E-state index contributed by atoms with van der Waals surface area (Å²) in [7, 11) is 0. The molecule has 0 aliphatic heterocycles. The quantitative estimate of drug-likeness (QED) is 0.343. The molecule has 4 aromatic rings. The van der Waals surface area contributed by atoms with E-state index in [1.165, 1.54) is 6.08 Å². The Kier molecular flexibility index (Phi) is 6.25. The molecular formula is C26H18F6N2O2. The minimum absolute atomic E-state index is 0.0141. The molecule has 0 radical (unpaired) electrons. The predicted octanol–water partition coefficient (Wildman–Crippen LogP) is 5.93. The summed E-state index contributed by atoms with van der Waals surface area (Å²) >= 11 is 0. The topological polar surface area (TPSA) is 55.1 Å². The van der Waals surface area contributed by atoms with Crippen LogP contribution in [0.2, 0.25) is 0 Å². The van der Waals surface area contributed by atoms with Crippen LogP contribution in [0, 0.1) is 0 Å². The Balaban J connectivity index is 1.92. The average Bonchev–Trinajstić information content (AvgIpc) is 2.83. The Morgan fingerprint density at radius 1 is 0.889 bits per heavy atom. The fraction of sp³-hybridized carbons (Fsp3) is 0.154. The first-order valence-electron chi connectivity index (χ1n) is 10.6. The molecule has 0 spiro atoms. The van der Waals surface area contributed by atoms with Crippen molar-refractivity contribution in [2.24, 2.45) is 0 Å². The second-order valence-electron chi connectivity index (χ2n) is 8.06. The molecular weight excluding hydrogens is 486 g/mol. The highest BCUT2D eigenvalue weighted by Gasteiger charge is 2.71. The normalized spacial score (nSPS) is 12.6. The summed E-state index contributed by atoms with van der Waals surface area (Å²) < 4.78 is 80.8. The molecule has 0 unspecified atom stereocenters. The zero-order valence-electron chi connectivity index (χ0n) is 18.4. The van der Waals surface area contributed by atoms with E-state index in [0.29, 0.717) is 23.2 Å². The number of alkyl halides is 6. The zero-order chi connectivity index (χ0) is 26.3. The third kappa shape index (κ3) is 4.28. The van der Waals surface area contributed by atoms with Gasteiger partial charge in [-0.15, -0.1) is 0 Å². The number of benzene rings is 3. The summed E-state index contributed by atoms with van der Waals surface area (Å²) in [4.78, 5) is 18.0. The highest BCUT2D eigenvalue weighted by molar-refractivity contribution is 5.80. The van der Waals surface area contributed by atoms with Crippen LogP contribution in [0.4, 0.5) is 26.3 Å². The van der Waals surface area contributed by atoms with Crippen molar-refractivity contribution in [3.63, 3.8) is 0 Å². The summed E-state index contributed by atoms with van der Waals surface area (Å²) in [6.07, 6.45) is -10.4. The first-order valence-corrected chi connectivity index (χ1v) is 10.6. The minimum atomic E-state index is -6.02. The van der Waals surface area contributed by atoms with Gasteiger partial charge in [0, 0.05) is 12.0 Å². The number of aliphatic hydroxyl groups is 1. The van der Waals surface area contributed by atoms with E-state index < -0.39 is 29.1 Å². The van der Waals surface area contributed by atoms with E-state index >= 15 is 0 Å². The number of hydrogen-bond donors (Lipinski definition) is 1. The molecule has 10 heteroatoms. The molecule has 1 N–H and O–H groups in total. The van der Waals surface area contributed by atoms with Gasteiger partial charge in [0.05, 0.1) is 16.6 Å². The number of rotatable bonds is 5. The van der Waals surface area contributed by atoms with Gasteiger partial charge < -0.3 is 5.11 Å². The lowest BCUT2D eigenvalue weighted by atomic mass is 9.92. The van der Waals surface area contributed by atoms with Crippen molar-refractivity contribution >= 4 is 17.0 Å². The van der Waals surface area contributed by atoms with E-state index in [4.69, 9.17) is 0 Å². The zero-order valence-corrected chi connectivity index (χ0v) is 18.4. The maximum atomic E-state index is 13.5. The molecule has 1 aromatic heterocycles. The number of halogens is 6. The van der Waals surface area contributed by atoms with Gasteiger partial charge in [0.15, 0.2) is 0 Å². The van der Waals surface area contributed by atoms with Crippen molar-refractivity contribution in [3.05, 3.63) is 112 Å². The van der Waals surface area contributed by atoms with Gasteiger partial charge in [0.1, 0.15) is 5.82 Å². The highest BCUT2D eigenvalue weighted by atomic mass is 19.4. The van der Waals surface area contributed by atoms with Crippen LogP contribution in [-0.4, -0.2) is 27.0 Å². The van der Waals surface area contributed by atoms with E-state index in [-0.39, 0.29) is 23.3 Å². The van der Waals surface area contributed by atoms with Gasteiger partial charge in [-0.25, -0.2) is 4.98 Å². The van der Waals surface area contributed by atoms with Gasteiger partial charge in [0.25, 0.3) is 11.2 Å². The molecule has 186 valence electrons. The Hall–Kier alpha value is -3.92.